The second-order valence-electron chi connectivity index (χ2n) is 5.13. The number of hydrogen-bond acceptors (Lipinski definition) is 3. The Bertz CT molecular complexity index is 359. The Labute approximate surface area is 102 Å². The molecular formula is C11H15F3N2O2. The Morgan fingerprint density at radius 3 is 2.06 bits per heavy atom. The minimum atomic E-state index is -4.66. The lowest BCUT2D eigenvalue weighted by molar-refractivity contribution is -0.189. The van der Waals surface area contributed by atoms with Gasteiger partial charge < -0.3 is 5.73 Å². The van der Waals surface area contributed by atoms with Crippen molar-refractivity contribution in [1.29, 1.82) is 0 Å². The highest BCUT2D eigenvalue weighted by atomic mass is 19.4. The zero-order valence-electron chi connectivity index (χ0n) is 9.91. The molecule has 2 fully saturated rings. The smallest absolute Gasteiger partial charge is 0.328 e. The largest absolute Gasteiger partial charge is 0.410 e. The van der Waals surface area contributed by atoms with Crippen molar-refractivity contribution in [3.05, 3.63) is 0 Å². The van der Waals surface area contributed by atoms with E-state index in [9.17, 15) is 22.8 Å². The molecule has 1 heterocycles. The third-order valence-corrected chi connectivity index (χ3v) is 3.82. The van der Waals surface area contributed by atoms with Crippen molar-refractivity contribution in [2.45, 2.75) is 32.0 Å². The van der Waals surface area contributed by atoms with Crippen molar-refractivity contribution in [3.63, 3.8) is 0 Å². The quantitative estimate of drug-likeness (QED) is 0.754. The maximum absolute atomic E-state index is 12.7. The van der Waals surface area contributed by atoms with Gasteiger partial charge in [0.05, 0.1) is 11.8 Å². The van der Waals surface area contributed by atoms with Crippen LogP contribution in [-0.2, 0) is 9.59 Å². The first-order valence-electron chi connectivity index (χ1n) is 5.91. The van der Waals surface area contributed by atoms with Crippen LogP contribution in [-0.4, -0.2) is 35.5 Å². The van der Waals surface area contributed by atoms with E-state index in [1.807, 2.05) is 6.92 Å². The number of halogens is 3. The van der Waals surface area contributed by atoms with Gasteiger partial charge in [0.25, 0.3) is 0 Å². The molecule has 1 saturated heterocycles. The summed E-state index contributed by atoms with van der Waals surface area (Å²) in [6.07, 6.45) is -3.69. The topological polar surface area (TPSA) is 63.4 Å². The highest BCUT2D eigenvalue weighted by Crippen LogP contribution is 2.44. The van der Waals surface area contributed by atoms with E-state index < -0.39 is 42.4 Å². The minimum Gasteiger partial charge on any atom is -0.328 e. The van der Waals surface area contributed by atoms with Gasteiger partial charge in [-0.2, -0.15) is 13.2 Å². The number of hydrogen-bond donors (Lipinski definition) is 1. The van der Waals surface area contributed by atoms with Crippen molar-refractivity contribution in [2.75, 3.05) is 6.54 Å². The summed E-state index contributed by atoms with van der Waals surface area (Å²) in [6.45, 7) is 1.11. The van der Waals surface area contributed by atoms with Gasteiger partial charge in [-0.15, -0.1) is 0 Å². The molecule has 3 atom stereocenters. The van der Waals surface area contributed by atoms with Crippen molar-refractivity contribution in [2.24, 2.45) is 23.5 Å². The predicted octanol–water partition coefficient (Wildman–Crippen LogP) is 0.907. The summed E-state index contributed by atoms with van der Waals surface area (Å²) in [5, 5.41) is 0. The van der Waals surface area contributed by atoms with E-state index in [1.54, 1.807) is 0 Å². The Balaban J connectivity index is 2.26. The molecule has 4 nitrogen and oxygen atoms in total. The van der Waals surface area contributed by atoms with Crippen LogP contribution in [0.15, 0.2) is 0 Å². The summed E-state index contributed by atoms with van der Waals surface area (Å²) in [7, 11) is 0. The number of nitrogens with two attached hydrogens (primary N) is 1. The Kier molecular flexibility index (Phi) is 3.12. The maximum atomic E-state index is 12.7. The van der Waals surface area contributed by atoms with Crippen LogP contribution in [0.2, 0.25) is 0 Å². The van der Waals surface area contributed by atoms with E-state index in [1.165, 1.54) is 0 Å². The van der Waals surface area contributed by atoms with Crippen LogP contribution in [0.25, 0.3) is 0 Å². The van der Waals surface area contributed by atoms with Crippen LogP contribution in [0, 0.1) is 17.8 Å². The molecule has 18 heavy (non-hydrogen) atoms. The van der Waals surface area contributed by atoms with Gasteiger partial charge in [-0.25, -0.2) is 0 Å². The number of rotatable bonds is 2. The lowest BCUT2D eigenvalue weighted by Crippen LogP contribution is -2.53. The number of likely N-dealkylation sites (tertiary alicyclic amines) is 1. The van der Waals surface area contributed by atoms with Crippen LogP contribution < -0.4 is 5.73 Å². The molecule has 1 aliphatic carbocycles. The lowest BCUT2D eigenvalue weighted by atomic mass is 10.00. The minimum absolute atomic E-state index is 0.206. The number of fused-ring (bicyclic) bond motifs is 1. The summed E-state index contributed by atoms with van der Waals surface area (Å²) in [4.78, 5) is 24.2. The summed E-state index contributed by atoms with van der Waals surface area (Å²) < 4.78 is 38.2. The first-order valence-corrected chi connectivity index (χ1v) is 5.91. The van der Waals surface area contributed by atoms with E-state index in [0.717, 1.165) is 0 Å². The molecule has 7 heteroatoms. The van der Waals surface area contributed by atoms with Crippen molar-refractivity contribution in [3.8, 4) is 0 Å². The fourth-order valence-electron chi connectivity index (χ4n) is 3.00. The van der Waals surface area contributed by atoms with Gasteiger partial charge in [-0.05, 0) is 18.8 Å². The van der Waals surface area contributed by atoms with E-state index in [2.05, 4.69) is 0 Å². The molecule has 2 rings (SSSR count). The van der Waals surface area contributed by atoms with Gasteiger partial charge >= 0.3 is 6.18 Å². The number of carbonyl (C=O) groups excluding carboxylic acids is 2. The van der Waals surface area contributed by atoms with Gasteiger partial charge in [0, 0.05) is 6.54 Å². The average molecular weight is 264 g/mol. The third-order valence-electron chi connectivity index (χ3n) is 3.82. The predicted molar refractivity (Wildman–Crippen MR) is 56.1 cm³/mol. The molecule has 2 aliphatic rings. The highest BCUT2D eigenvalue weighted by molar-refractivity contribution is 6.05. The zero-order valence-corrected chi connectivity index (χ0v) is 9.91. The molecule has 1 aliphatic heterocycles. The Hall–Kier alpha value is -1.11. The van der Waals surface area contributed by atoms with Gasteiger partial charge in [0.2, 0.25) is 11.8 Å². The fraction of sp³-hybridized carbons (Fsp3) is 0.818. The standard InChI is InChI=1S/C11H15F3N2O2/c1-5-2-6-7(3-5)10(18)16(9(6)17)8(4-15)11(12,13)14/h5-8H,2-4,15H2,1H3. The molecule has 1 saturated carbocycles. The van der Waals surface area contributed by atoms with Gasteiger partial charge in [-0.1, -0.05) is 6.92 Å². The molecule has 0 bridgehead atoms. The van der Waals surface area contributed by atoms with Crippen LogP contribution >= 0.6 is 0 Å². The molecule has 2 N–H and O–H groups in total. The highest BCUT2D eigenvalue weighted by Gasteiger charge is 2.58. The van der Waals surface area contributed by atoms with Crippen molar-refractivity contribution >= 4 is 11.8 Å². The zero-order chi connectivity index (χ0) is 13.7. The second-order valence-corrected chi connectivity index (χ2v) is 5.13. The van der Waals surface area contributed by atoms with Gasteiger partial charge in [0.1, 0.15) is 6.04 Å². The first kappa shape index (κ1) is 13.3. The van der Waals surface area contributed by atoms with Gasteiger partial charge in [0.15, 0.2) is 0 Å². The fourth-order valence-corrected chi connectivity index (χ4v) is 3.00. The van der Waals surface area contributed by atoms with E-state index in [-0.39, 0.29) is 5.92 Å². The van der Waals surface area contributed by atoms with Gasteiger partial charge in [-0.3, -0.25) is 14.5 Å². The third kappa shape index (κ3) is 1.90. The summed E-state index contributed by atoms with van der Waals surface area (Å²) in [6, 6.07) is -2.18. The molecule has 0 aromatic carbocycles. The first-order chi connectivity index (χ1) is 8.27. The van der Waals surface area contributed by atoms with Crippen molar-refractivity contribution in [1.82, 2.24) is 4.90 Å². The van der Waals surface area contributed by atoms with Crippen LogP contribution in [0.3, 0.4) is 0 Å². The Morgan fingerprint density at radius 2 is 1.72 bits per heavy atom. The number of carbonyl (C=O) groups is 2. The van der Waals surface area contributed by atoms with Crippen LogP contribution in [0.4, 0.5) is 13.2 Å². The molecule has 2 amide bonds. The molecule has 0 spiro atoms. The normalized spacial score (nSPS) is 34.1. The second kappa shape index (κ2) is 4.22. The Morgan fingerprint density at radius 1 is 1.28 bits per heavy atom. The van der Waals surface area contributed by atoms with Crippen molar-refractivity contribution < 1.29 is 22.8 Å². The average Bonchev–Trinajstić information content (AvgIpc) is 2.72. The van der Waals surface area contributed by atoms with Crippen LogP contribution in [0.1, 0.15) is 19.8 Å². The molecule has 0 aromatic rings. The molecule has 0 radical (unpaired) electrons. The van der Waals surface area contributed by atoms with E-state index in [4.69, 9.17) is 5.73 Å². The lowest BCUT2D eigenvalue weighted by Gasteiger charge is -2.28. The number of imide groups is 1. The number of amides is 2. The number of nitrogens with zero attached hydrogens (tertiary/aromatic N) is 1. The summed E-state index contributed by atoms with van der Waals surface area (Å²) >= 11 is 0. The molecule has 0 aromatic heterocycles. The molecule has 102 valence electrons. The van der Waals surface area contributed by atoms with Crippen LogP contribution in [0.5, 0.6) is 0 Å². The maximum Gasteiger partial charge on any atom is 0.410 e. The molecular weight excluding hydrogens is 249 g/mol. The SMILES string of the molecule is CC1CC2C(=O)N(C(CN)C(F)(F)F)C(=O)C2C1. The monoisotopic (exact) mass is 264 g/mol. The number of alkyl halides is 3. The summed E-state index contributed by atoms with van der Waals surface area (Å²) in [5.41, 5.74) is 5.07. The van der Waals surface area contributed by atoms with E-state index >= 15 is 0 Å². The summed E-state index contributed by atoms with van der Waals surface area (Å²) in [5.74, 6) is -2.37. The van der Waals surface area contributed by atoms with E-state index in [0.29, 0.717) is 17.7 Å². The molecule has 3 unspecified atom stereocenters.